The second-order valence-electron chi connectivity index (χ2n) is 2.58. The molecule has 1 aliphatic heterocycles. The molecule has 0 aromatic carbocycles. The molecule has 0 spiro atoms. The van der Waals surface area contributed by atoms with Gasteiger partial charge in [0, 0.05) is 6.04 Å². The summed E-state index contributed by atoms with van der Waals surface area (Å²) in [5.74, 6) is 0. The second-order valence-corrected chi connectivity index (χ2v) is 2.58. The number of likely N-dealkylation sites (N-methyl/N-ethyl adjacent to an activating group) is 1. The summed E-state index contributed by atoms with van der Waals surface area (Å²) in [5, 5.41) is 3.20. The van der Waals surface area contributed by atoms with E-state index in [-0.39, 0.29) is 0 Å². The first-order chi connectivity index (χ1) is 4.36. The monoisotopic (exact) mass is 129 g/mol. The topological polar surface area (TPSA) is 21.3 Å². The molecule has 1 saturated heterocycles. The molecule has 0 aliphatic carbocycles. The third kappa shape index (κ3) is 1.66. The van der Waals surface area contributed by atoms with Crippen LogP contribution in [0.3, 0.4) is 0 Å². The zero-order chi connectivity index (χ0) is 6.69. The summed E-state index contributed by atoms with van der Waals surface area (Å²) in [6, 6.07) is 0.606. The molecule has 1 heterocycles. The van der Waals surface area contributed by atoms with Crippen LogP contribution in [0.4, 0.5) is 0 Å². The van der Waals surface area contributed by atoms with Crippen molar-refractivity contribution in [3.63, 3.8) is 0 Å². The summed E-state index contributed by atoms with van der Waals surface area (Å²) in [7, 11) is 1.99. The van der Waals surface area contributed by atoms with E-state index >= 15 is 0 Å². The van der Waals surface area contributed by atoms with E-state index in [1.54, 1.807) is 0 Å². The van der Waals surface area contributed by atoms with E-state index in [9.17, 15) is 0 Å². The van der Waals surface area contributed by atoms with Crippen LogP contribution in [-0.2, 0) is 4.74 Å². The van der Waals surface area contributed by atoms with Gasteiger partial charge in [-0.3, -0.25) is 0 Å². The standard InChI is InChI=1S/C7H15NO/c1-3-7-4-6(8-2)5-9-7/h6-8H,3-5H2,1-2H3. The Hall–Kier alpha value is -0.0800. The van der Waals surface area contributed by atoms with Gasteiger partial charge in [0.25, 0.3) is 0 Å². The van der Waals surface area contributed by atoms with Crippen LogP contribution in [-0.4, -0.2) is 25.8 Å². The Kier molecular flexibility index (Phi) is 2.49. The quantitative estimate of drug-likeness (QED) is 0.594. The van der Waals surface area contributed by atoms with Crippen molar-refractivity contribution in [2.45, 2.75) is 31.9 Å². The maximum absolute atomic E-state index is 5.44. The summed E-state index contributed by atoms with van der Waals surface area (Å²) >= 11 is 0. The highest BCUT2D eigenvalue weighted by Crippen LogP contribution is 2.14. The van der Waals surface area contributed by atoms with Gasteiger partial charge in [0.2, 0.25) is 0 Å². The van der Waals surface area contributed by atoms with Crippen LogP contribution in [0.2, 0.25) is 0 Å². The van der Waals surface area contributed by atoms with Crippen molar-refractivity contribution in [1.29, 1.82) is 0 Å². The van der Waals surface area contributed by atoms with Crippen LogP contribution in [0.1, 0.15) is 19.8 Å². The van der Waals surface area contributed by atoms with Crippen molar-refractivity contribution in [2.75, 3.05) is 13.7 Å². The van der Waals surface area contributed by atoms with E-state index in [4.69, 9.17) is 4.74 Å². The third-order valence-corrected chi connectivity index (χ3v) is 1.94. The largest absolute Gasteiger partial charge is 0.377 e. The zero-order valence-electron chi connectivity index (χ0n) is 6.18. The van der Waals surface area contributed by atoms with E-state index in [0.29, 0.717) is 12.1 Å². The maximum Gasteiger partial charge on any atom is 0.0624 e. The predicted octanol–water partition coefficient (Wildman–Crippen LogP) is 0.773. The van der Waals surface area contributed by atoms with Crippen molar-refractivity contribution in [3.8, 4) is 0 Å². The Balaban J connectivity index is 2.20. The summed E-state index contributed by atoms with van der Waals surface area (Å²) < 4.78 is 5.44. The zero-order valence-corrected chi connectivity index (χ0v) is 6.18. The summed E-state index contributed by atoms with van der Waals surface area (Å²) in [6.07, 6.45) is 2.85. The van der Waals surface area contributed by atoms with E-state index in [2.05, 4.69) is 12.2 Å². The number of ether oxygens (including phenoxy) is 1. The fourth-order valence-electron chi connectivity index (χ4n) is 1.19. The SMILES string of the molecule is CCC1CC(NC)CO1. The molecule has 0 saturated carbocycles. The van der Waals surface area contributed by atoms with Crippen LogP contribution in [0.15, 0.2) is 0 Å². The van der Waals surface area contributed by atoms with E-state index in [0.717, 1.165) is 13.0 Å². The van der Waals surface area contributed by atoms with E-state index in [1.165, 1.54) is 6.42 Å². The van der Waals surface area contributed by atoms with Crippen LogP contribution in [0.5, 0.6) is 0 Å². The smallest absolute Gasteiger partial charge is 0.0624 e. The normalized spacial score (nSPS) is 35.3. The van der Waals surface area contributed by atoms with Crippen LogP contribution < -0.4 is 5.32 Å². The minimum atomic E-state index is 0.516. The Bertz CT molecular complexity index is 75.0. The van der Waals surface area contributed by atoms with Gasteiger partial charge in [-0.2, -0.15) is 0 Å². The van der Waals surface area contributed by atoms with Gasteiger partial charge in [0.15, 0.2) is 0 Å². The Labute approximate surface area is 56.6 Å². The van der Waals surface area contributed by atoms with Gasteiger partial charge in [-0.1, -0.05) is 6.92 Å². The number of hydrogen-bond acceptors (Lipinski definition) is 2. The highest BCUT2D eigenvalue weighted by Gasteiger charge is 2.21. The van der Waals surface area contributed by atoms with E-state index in [1.807, 2.05) is 7.05 Å². The molecule has 1 fully saturated rings. The van der Waals surface area contributed by atoms with Gasteiger partial charge in [-0.05, 0) is 19.9 Å². The van der Waals surface area contributed by atoms with Crippen LogP contribution in [0.25, 0.3) is 0 Å². The third-order valence-electron chi connectivity index (χ3n) is 1.94. The molecule has 0 aromatic rings. The van der Waals surface area contributed by atoms with Gasteiger partial charge in [0.05, 0.1) is 12.7 Å². The Morgan fingerprint density at radius 2 is 2.44 bits per heavy atom. The molecule has 2 unspecified atom stereocenters. The summed E-state index contributed by atoms with van der Waals surface area (Å²) in [4.78, 5) is 0. The molecule has 1 aliphatic rings. The fourth-order valence-corrected chi connectivity index (χ4v) is 1.19. The molecule has 54 valence electrons. The average molecular weight is 129 g/mol. The van der Waals surface area contributed by atoms with Crippen molar-refractivity contribution in [1.82, 2.24) is 5.32 Å². The molecule has 1 rings (SSSR count). The lowest BCUT2D eigenvalue weighted by atomic mass is 10.1. The van der Waals surface area contributed by atoms with Crippen molar-refractivity contribution in [2.24, 2.45) is 0 Å². The molecule has 0 aromatic heterocycles. The fraction of sp³-hybridized carbons (Fsp3) is 1.00. The molecule has 2 atom stereocenters. The van der Waals surface area contributed by atoms with Crippen LogP contribution in [0, 0.1) is 0 Å². The molecule has 9 heavy (non-hydrogen) atoms. The molecular formula is C7H15NO. The van der Waals surface area contributed by atoms with Gasteiger partial charge < -0.3 is 10.1 Å². The number of rotatable bonds is 2. The van der Waals surface area contributed by atoms with Gasteiger partial charge in [-0.25, -0.2) is 0 Å². The van der Waals surface area contributed by atoms with Crippen molar-refractivity contribution < 1.29 is 4.74 Å². The average Bonchev–Trinajstić information content (AvgIpc) is 2.34. The first-order valence-corrected chi connectivity index (χ1v) is 3.65. The first kappa shape index (κ1) is 7.03. The molecule has 2 nitrogen and oxygen atoms in total. The van der Waals surface area contributed by atoms with Gasteiger partial charge >= 0.3 is 0 Å². The van der Waals surface area contributed by atoms with Crippen molar-refractivity contribution in [3.05, 3.63) is 0 Å². The molecule has 0 bridgehead atoms. The first-order valence-electron chi connectivity index (χ1n) is 3.65. The minimum absolute atomic E-state index is 0.516. The van der Waals surface area contributed by atoms with E-state index < -0.39 is 0 Å². The Morgan fingerprint density at radius 1 is 1.67 bits per heavy atom. The highest BCUT2D eigenvalue weighted by atomic mass is 16.5. The molecule has 0 amide bonds. The lowest BCUT2D eigenvalue weighted by Crippen LogP contribution is -2.24. The highest BCUT2D eigenvalue weighted by molar-refractivity contribution is 4.76. The predicted molar refractivity (Wildman–Crippen MR) is 37.5 cm³/mol. The minimum Gasteiger partial charge on any atom is -0.377 e. The number of nitrogens with one attached hydrogen (secondary N) is 1. The molecule has 0 radical (unpaired) electrons. The summed E-state index contributed by atoms with van der Waals surface area (Å²) in [6.45, 7) is 3.07. The van der Waals surface area contributed by atoms with Crippen LogP contribution >= 0.6 is 0 Å². The lowest BCUT2D eigenvalue weighted by Gasteiger charge is -2.04. The lowest BCUT2D eigenvalue weighted by molar-refractivity contribution is 0.106. The van der Waals surface area contributed by atoms with Crippen molar-refractivity contribution >= 4 is 0 Å². The second kappa shape index (κ2) is 3.18. The molecular weight excluding hydrogens is 114 g/mol. The van der Waals surface area contributed by atoms with Gasteiger partial charge in [-0.15, -0.1) is 0 Å². The molecule has 2 heteroatoms. The van der Waals surface area contributed by atoms with Gasteiger partial charge in [0.1, 0.15) is 0 Å². The Morgan fingerprint density at radius 3 is 2.78 bits per heavy atom. The number of hydrogen-bond donors (Lipinski definition) is 1. The maximum atomic E-state index is 5.44. The molecule has 1 N–H and O–H groups in total. The summed E-state index contributed by atoms with van der Waals surface area (Å²) in [5.41, 5.74) is 0.